The van der Waals surface area contributed by atoms with Gasteiger partial charge in [0.05, 0.1) is 0 Å². The Kier molecular flexibility index (Phi) is 2.14. The highest BCUT2D eigenvalue weighted by Crippen LogP contribution is 2.45. The van der Waals surface area contributed by atoms with Crippen molar-refractivity contribution in [3.05, 3.63) is 33.8 Å². The summed E-state index contributed by atoms with van der Waals surface area (Å²) in [6.07, 6.45) is 0.867. The van der Waals surface area contributed by atoms with Crippen molar-refractivity contribution in [3.8, 4) is 11.3 Å². The minimum Gasteiger partial charge on any atom is -0.381 e. The Labute approximate surface area is 108 Å². The Bertz CT molecular complexity index is 601. The van der Waals surface area contributed by atoms with Crippen LogP contribution in [0.5, 0.6) is 0 Å². The molecule has 1 aliphatic carbocycles. The second-order valence-corrected chi connectivity index (χ2v) is 6.04. The van der Waals surface area contributed by atoms with E-state index >= 15 is 0 Å². The van der Waals surface area contributed by atoms with Gasteiger partial charge in [-0.2, -0.15) is 0 Å². The van der Waals surface area contributed by atoms with E-state index < -0.39 is 0 Å². The van der Waals surface area contributed by atoms with Gasteiger partial charge in [-0.25, -0.2) is 0 Å². The normalized spacial score (nSPS) is 16.4. The molecule has 0 aliphatic heterocycles. The summed E-state index contributed by atoms with van der Waals surface area (Å²) in [7, 11) is 0. The molecule has 17 heavy (non-hydrogen) atoms. The molecule has 3 nitrogen and oxygen atoms in total. The van der Waals surface area contributed by atoms with Gasteiger partial charge in [0.25, 0.3) is 0 Å². The van der Waals surface area contributed by atoms with Crippen molar-refractivity contribution in [1.82, 2.24) is 5.16 Å². The van der Waals surface area contributed by atoms with Gasteiger partial charge in [0.15, 0.2) is 11.6 Å². The fraction of sp³-hybridized carbons (Fsp3) is 0.308. The van der Waals surface area contributed by atoms with Gasteiger partial charge < -0.3 is 10.3 Å². The number of halogens is 1. The predicted octanol–water partition coefficient (Wildman–Crippen LogP) is 3.52. The number of hydrogen-bond donors (Lipinski definition) is 1. The SMILES string of the molecule is CC1(C)Cc2c(N)noc2-c2cc(Br)ccc21. The summed E-state index contributed by atoms with van der Waals surface area (Å²) in [6.45, 7) is 4.43. The zero-order chi connectivity index (χ0) is 12.2. The van der Waals surface area contributed by atoms with Crippen molar-refractivity contribution in [1.29, 1.82) is 0 Å². The molecule has 0 bridgehead atoms. The van der Waals surface area contributed by atoms with Crippen LogP contribution in [0, 0.1) is 0 Å². The molecule has 1 aliphatic rings. The van der Waals surface area contributed by atoms with E-state index in [0.29, 0.717) is 5.82 Å². The summed E-state index contributed by atoms with van der Waals surface area (Å²) >= 11 is 3.49. The molecule has 4 heteroatoms. The number of aromatic nitrogens is 1. The molecule has 0 fully saturated rings. The second-order valence-electron chi connectivity index (χ2n) is 5.13. The fourth-order valence-corrected chi connectivity index (χ4v) is 2.90. The van der Waals surface area contributed by atoms with E-state index in [9.17, 15) is 0 Å². The zero-order valence-electron chi connectivity index (χ0n) is 9.75. The molecule has 2 N–H and O–H groups in total. The Morgan fingerprint density at radius 1 is 1.41 bits per heavy atom. The van der Waals surface area contributed by atoms with Crippen LogP contribution < -0.4 is 5.73 Å². The van der Waals surface area contributed by atoms with Crippen LogP contribution in [0.3, 0.4) is 0 Å². The maximum absolute atomic E-state index is 5.86. The number of benzene rings is 1. The highest BCUT2D eigenvalue weighted by Gasteiger charge is 2.35. The quantitative estimate of drug-likeness (QED) is 0.808. The van der Waals surface area contributed by atoms with Gasteiger partial charge in [-0.3, -0.25) is 0 Å². The Hall–Kier alpha value is -1.29. The van der Waals surface area contributed by atoms with E-state index in [4.69, 9.17) is 10.3 Å². The topological polar surface area (TPSA) is 52.0 Å². The first-order valence-electron chi connectivity index (χ1n) is 5.53. The molecule has 0 atom stereocenters. The van der Waals surface area contributed by atoms with Crippen molar-refractivity contribution >= 4 is 21.7 Å². The van der Waals surface area contributed by atoms with Gasteiger partial charge >= 0.3 is 0 Å². The van der Waals surface area contributed by atoms with Crippen molar-refractivity contribution in [2.75, 3.05) is 5.73 Å². The van der Waals surface area contributed by atoms with Crippen LogP contribution in [-0.2, 0) is 11.8 Å². The molecule has 0 unspecified atom stereocenters. The number of anilines is 1. The minimum atomic E-state index is 0.0582. The summed E-state index contributed by atoms with van der Waals surface area (Å²) in [4.78, 5) is 0. The van der Waals surface area contributed by atoms with Crippen molar-refractivity contribution in [2.45, 2.75) is 25.7 Å². The molecule has 0 saturated heterocycles. The molecular weight excluding hydrogens is 280 g/mol. The van der Waals surface area contributed by atoms with Crippen LogP contribution >= 0.6 is 15.9 Å². The highest BCUT2D eigenvalue weighted by atomic mass is 79.9. The van der Waals surface area contributed by atoms with E-state index in [-0.39, 0.29) is 5.41 Å². The Balaban J connectivity index is 2.34. The number of hydrogen-bond acceptors (Lipinski definition) is 3. The lowest BCUT2D eigenvalue weighted by atomic mass is 9.72. The first-order chi connectivity index (χ1) is 7.99. The molecule has 0 amide bonds. The van der Waals surface area contributed by atoms with Crippen LogP contribution in [0.4, 0.5) is 5.82 Å². The van der Waals surface area contributed by atoms with Crippen LogP contribution in [0.25, 0.3) is 11.3 Å². The third kappa shape index (κ3) is 1.51. The average Bonchev–Trinajstić information content (AvgIpc) is 2.59. The summed E-state index contributed by atoms with van der Waals surface area (Å²) < 4.78 is 6.40. The molecular formula is C13H13BrN2O. The molecule has 3 rings (SSSR count). The first kappa shape index (κ1) is 10.8. The van der Waals surface area contributed by atoms with Crippen LogP contribution in [0.2, 0.25) is 0 Å². The van der Waals surface area contributed by atoms with Gasteiger partial charge in [-0.1, -0.05) is 41.0 Å². The number of rotatable bonds is 0. The summed E-state index contributed by atoms with van der Waals surface area (Å²) in [5.41, 5.74) is 9.32. The number of nitrogens with zero attached hydrogens (tertiary/aromatic N) is 1. The van der Waals surface area contributed by atoms with Gasteiger partial charge in [0.1, 0.15) is 0 Å². The number of nitrogens with two attached hydrogens (primary N) is 1. The monoisotopic (exact) mass is 292 g/mol. The molecule has 1 heterocycles. The Morgan fingerprint density at radius 3 is 2.94 bits per heavy atom. The average molecular weight is 293 g/mol. The molecule has 2 aromatic rings. The van der Waals surface area contributed by atoms with Crippen molar-refractivity contribution in [3.63, 3.8) is 0 Å². The lowest BCUT2D eigenvalue weighted by molar-refractivity contribution is 0.426. The molecule has 88 valence electrons. The summed E-state index contributed by atoms with van der Waals surface area (Å²) in [6, 6.07) is 6.27. The molecule has 0 spiro atoms. The van der Waals surface area contributed by atoms with Gasteiger partial charge in [0.2, 0.25) is 0 Å². The first-order valence-corrected chi connectivity index (χ1v) is 6.33. The van der Waals surface area contributed by atoms with Gasteiger partial charge in [-0.05, 0) is 29.5 Å². The number of nitrogen functional groups attached to an aromatic ring is 1. The lowest BCUT2D eigenvalue weighted by Crippen LogP contribution is -2.25. The standard InChI is InChI=1S/C13H13BrN2O/c1-13(2)6-9-11(17-16-12(9)15)8-5-7(14)3-4-10(8)13/h3-5H,6H2,1-2H3,(H2,15,16). The molecule has 1 aromatic carbocycles. The second kappa shape index (κ2) is 3.35. The minimum absolute atomic E-state index is 0.0582. The van der Waals surface area contributed by atoms with Gasteiger partial charge in [0, 0.05) is 15.6 Å². The molecule has 0 radical (unpaired) electrons. The molecule has 1 aromatic heterocycles. The lowest BCUT2D eigenvalue weighted by Gasteiger charge is -2.31. The van der Waals surface area contributed by atoms with E-state index in [0.717, 1.165) is 27.8 Å². The predicted molar refractivity (Wildman–Crippen MR) is 70.8 cm³/mol. The summed E-state index contributed by atoms with van der Waals surface area (Å²) in [5.74, 6) is 1.33. The third-order valence-corrected chi connectivity index (χ3v) is 3.89. The smallest absolute Gasteiger partial charge is 0.172 e. The Morgan fingerprint density at radius 2 is 2.18 bits per heavy atom. The molecule has 0 saturated carbocycles. The fourth-order valence-electron chi connectivity index (χ4n) is 2.54. The van der Waals surface area contributed by atoms with Crippen LogP contribution in [-0.4, -0.2) is 5.16 Å². The highest BCUT2D eigenvalue weighted by molar-refractivity contribution is 9.10. The van der Waals surface area contributed by atoms with E-state index in [1.807, 2.05) is 0 Å². The van der Waals surface area contributed by atoms with E-state index in [2.05, 4.69) is 53.1 Å². The van der Waals surface area contributed by atoms with E-state index in [1.54, 1.807) is 0 Å². The van der Waals surface area contributed by atoms with Crippen LogP contribution in [0.1, 0.15) is 25.0 Å². The largest absolute Gasteiger partial charge is 0.381 e. The maximum atomic E-state index is 5.86. The van der Waals surface area contributed by atoms with Crippen LogP contribution in [0.15, 0.2) is 27.2 Å². The van der Waals surface area contributed by atoms with E-state index in [1.165, 1.54) is 5.56 Å². The third-order valence-electron chi connectivity index (χ3n) is 3.39. The zero-order valence-corrected chi connectivity index (χ0v) is 11.3. The van der Waals surface area contributed by atoms with Crippen molar-refractivity contribution < 1.29 is 4.52 Å². The summed E-state index contributed by atoms with van der Waals surface area (Å²) in [5, 5.41) is 3.88. The van der Waals surface area contributed by atoms with Gasteiger partial charge in [-0.15, -0.1) is 0 Å². The maximum Gasteiger partial charge on any atom is 0.172 e. The van der Waals surface area contributed by atoms with Crippen molar-refractivity contribution in [2.24, 2.45) is 0 Å². The number of fused-ring (bicyclic) bond motifs is 3.